The van der Waals surface area contributed by atoms with Crippen molar-refractivity contribution in [3.8, 4) is 0 Å². The number of hydrogen-bond acceptors (Lipinski definition) is 4. The summed E-state index contributed by atoms with van der Waals surface area (Å²) in [5.41, 5.74) is -0.575. The number of likely N-dealkylation sites (N-methyl/N-ethyl adjacent to an activating group) is 1. The van der Waals surface area contributed by atoms with Gasteiger partial charge in [0.05, 0.1) is 7.11 Å². The predicted molar refractivity (Wildman–Crippen MR) is 82.9 cm³/mol. The molecule has 20 heavy (non-hydrogen) atoms. The van der Waals surface area contributed by atoms with E-state index in [0.29, 0.717) is 0 Å². The Morgan fingerprint density at radius 2 is 1.65 bits per heavy atom. The first kappa shape index (κ1) is 19.4. The van der Waals surface area contributed by atoms with Crippen LogP contribution in [0.3, 0.4) is 0 Å². The third kappa shape index (κ3) is 8.54. The number of nitrogens with one attached hydrogen (secondary N) is 1. The number of methoxy groups -OCH3 is 1. The van der Waals surface area contributed by atoms with Gasteiger partial charge in [-0.15, -0.1) is 0 Å². The maximum absolute atomic E-state index is 11.6. The molecule has 0 aliphatic carbocycles. The molecule has 0 aromatic carbocycles. The van der Waals surface area contributed by atoms with Gasteiger partial charge in [0.2, 0.25) is 0 Å². The van der Waals surface area contributed by atoms with Crippen molar-refractivity contribution in [3.05, 3.63) is 0 Å². The average molecular weight is 287 g/mol. The number of carbonyl (C=O) groups excluding carboxylic acids is 1. The second-order valence-corrected chi connectivity index (χ2v) is 5.56. The fourth-order valence-corrected chi connectivity index (χ4v) is 2.15. The summed E-state index contributed by atoms with van der Waals surface area (Å²) >= 11 is 0. The summed E-state index contributed by atoms with van der Waals surface area (Å²) in [6, 6.07) is 0. The predicted octanol–water partition coefficient (Wildman–Crippen LogP) is 3.29. The highest BCUT2D eigenvalue weighted by Gasteiger charge is 2.31. The lowest BCUT2D eigenvalue weighted by Crippen LogP contribution is -2.48. The first-order chi connectivity index (χ1) is 9.60. The van der Waals surface area contributed by atoms with Crippen LogP contribution in [-0.4, -0.2) is 38.9 Å². The summed E-state index contributed by atoms with van der Waals surface area (Å²) in [6.07, 6.45) is 9.09. The van der Waals surface area contributed by atoms with Gasteiger partial charge in [-0.2, -0.15) is 0 Å². The van der Waals surface area contributed by atoms with Crippen LogP contribution in [0.1, 0.15) is 65.2 Å². The van der Waals surface area contributed by atoms with E-state index in [-0.39, 0.29) is 5.97 Å². The molecule has 0 aliphatic heterocycles. The first-order valence-electron chi connectivity index (χ1n) is 7.95. The largest absolute Gasteiger partial charge is 0.468 e. The molecule has 4 nitrogen and oxygen atoms in total. The van der Waals surface area contributed by atoms with Gasteiger partial charge in [0.15, 0.2) is 0 Å². The molecule has 0 bridgehead atoms. The van der Waals surface area contributed by atoms with Gasteiger partial charge in [-0.05, 0) is 39.7 Å². The monoisotopic (exact) mass is 287 g/mol. The molecule has 1 N–H and O–H groups in total. The van der Waals surface area contributed by atoms with E-state index < -0.39 is 5.54 Å². The molecule has 0 amide bonds. The molecular weight excluding hydrogens is 254 g/mol. The molecule has 0 radical (unpaired) electrons. The molecular formula is C16H33NO3. The van der Waals surface area contributed by atoms with Gasteiger partial charge < -0.3 is 14.8 Å². The van der Waals surface area contributed by atoms with Gasteiger partial charge in [-0.25, -0.2) is 0 Å². The fraction of sp³-hybridized carbons (Fsp3) is 0.938. The molecule has 120 valence electrons. The second-order valence-electron chi connectivity index (χ2n) is 5.56. The van der Waals surface area contributed by atoms with Crippen molar-refractivity contribution in [2.75, 3.05) is 27.4 Å². The van der Waals surface area contributed by atoms with Crippen LogP contribution in [-0.2, 0) is 14.3 Å². The van der Waals surface area contributed by atoms with E-state index in [1.54, 1.807) is 7.05 Å². The minimum Gasteiger partial charge on any atom is -0.468 e. The van der Waals surface area contributed by atoms with Crippen LogP contribution in [0.15, 0.2) is 0 Å². The van der Waals surface area contributed by atoms with Crippen molar-refractivity contribution >= 4 is 5.97 Å². The van der Waals surface area contributed by atoms with Gasteiger partial charge >= 0.3 is 5.97 Å². The van der Waals surface area contributed by atoms with Gasteiger partial charge in [0.1, 0.15) is 5.54 Å². The fourth-order valence-electron chi connectivity index (χ4n) is 2.15. The van der Waals surface area contributed by atoms with E-state index in [2.05, 4.69) is 12.2 Å². The van der Waals surface area contributed by atoms with Crippen molar-refractivity contribution in [3.63, 3.8) is 0 Å². The molecule has 1 atom stereocenters. The first-order valence-corrected chi connectivity index (χ1v) is 7.95. The SMILES string of the molecule is CCCCCCCOCCCCC(C)(NC)C(=O)OC. The summed E-state index contributed by atoms with van der Waals surface area (Å²) in [6.45, 7) is 5.76. The van der Waals surface area contributed by atoms with Crippen molar-refractivity contribution in [1.82, 2.24) is 5.32 Å². The molecule has 1 unspecified atom stereocenters. The maximum atomic E-state index is 11.6. The average Bonchev–Trinajstić information content (AvgIpc) is 2.48. The molecule has 0 heterocycles. The van der Waals surface area contributed by atoms with Crippen LogP contribution < -0.4 is 5.32 Å². The number of hydrogen-bond donors (Lipinski definition) is 1. The standard InChI is InChI=1S/C16H33NO3/c1-5-6-7-8-10-13-20-14-11-9-12-16(2,17-3)15(18)19-4/h17H,5-14H2,1-4H3. The molecule has 0 aromatic rings. The van der Waals surface area contributed by atoms with Crippen molar-refractivity contribution < 1.29 is 14.3 Å². The lowest BCUT2D eigenvalue weighted by Gasteiger charge is -2.25. The molecule has 0 saturated heterocycles. The molecule has 0 saturated carbocycles. The minimum atomic E-state index is -0.575. The Bertz CT molecular complexity index is 246. The van der Waals surface area contributed by atoms with E-state index in [1.807, 2.05) is 6.92 Å². The van der Waals surface area contributed by atoms with Gasteiger partial charge in [-0.1, -0.05) is 32.6 Å². The van der Waals surface area contributed by atoms with E-state index >= 15 is 0 Å². The molecule has 0 fully saturated rings. The Morgan fingerprint density at radius 3 is 2.20 bits per heavy atom. The number of unbranched alkanes of at least 4 members (excludes halogenated alkanes) is 5. The summed E-state index contributed by atoms with van der Waals surface area (Å²) in [7, 11) is 3.23. The van der Waals surface area contributed by atoms with E-state index in [0.717, 1.165) is 38.9 Å². The van der Waals surface area contributed by atoms with Crippen molar-refractivity contribution in [1.29, 1.82) is 0 Å². The normalized spacial score (nSPS) is 14.0. The van der Waals surface area contributed by atoms with Gasteiger partial charge in [-0.3, -0.25) is 4.79 Å². The van der Waals surface area contributed by atoms with Crippen LogP contribution in [0.5, 0.6) is 0 Å². The molecule has 0 aliphatic rings. The third-order valence-electron chi connectivity index (χ3n) is 3.80. The van der Waals surface area contributed by atoms with Crippen LogP contribution in [0.4, 0.5) is 0 Å². The summed E-state index contributed by atoms with van der Waals surface area (Å²) in [5, 5.41) is 3.04. The van der Waals surface area contributed by atoms with E-state index in [1.165, 1.54) is 32.8 Å². The zero-order valence-electron chi connectivity index (χ0n) is 13.8. The molecule has 0 aromatic heterocycles. The third-order valence-corrected chi connectivity index (χ3v) is 3.80. The van der Waals surface area contributed by atoms with Crippen molar-refractivity contribution in [2.45, 2.75) is 70.8 Å². The molecule has 4 heteroatoms. The summed E-state index contributed by atoms with van der Waals surface area (Å²) in [5.74, 6) is -0.197. The molecule has 0 rings (SSSR count). The van der Waals surface area contributed by atoms with E-state index in [9.17, 15) is 4.79 Å². The summed E-state index contributed by atoms with van der Waals surface area (Å²) < 4.78 is 10.4. The quantitative estimate of drug-likeness (QED) is 0.417. The Balaban J connectivity index is 3.49. The van der Waals surface area contributed by atoms with Crippen molar-refractivity contribution in [2.24, 2.45) is 0 Å². The van der Waals surface area contributed by atoms with Gasteiger partial charge in [0.25, 0.3) is 0 Å². The number of carbonyl (C=O) groups is 1. The highest BCUT2D eigenvalue weighted by atomic mass is 16.5. The Labute approximate surface area is 124 Å². The highest BCUT2D eigenvalue weighted by molar-refractivity contribution is 5.80. The minimum absolute atomic E-state index is 0.197. The summed E-state index contributed by atoms with van der Waals surface area (Å²) in [4.78, 5) is 11.6. The zero-order chi connectivity index (χ0) is 15.3. The number of rotatable bonds is 13. The van der Waals surface area contributed by atoms with Gasteiger partial charge in [0, 0.05) is 13.2 Å². The lowest BCUT2D eigenvalue weighted by molar-refractivity contribution is -0.148. The van der Waals surface area contributed by atoms with Crippen LogP contribution >= 0.6 is 0 Å². The molecule has 0 spiro atoms. The number of ether oxygens (including phenoxy) is 2. The van der Waals surface area contributed by atoms with Crippen LogP contribution in [0, 0.1) is 0 Å². The highest BCUT2D eigenvalue weighted by Crippen LogP contribution is 2.15. The Hall–Kier alpha value is -0.610. The Kier molecular flexibility index (Phi) is 11.8. The van der Waals surface area contributed by atoms with E-state index in [4.69, 9.17) is 9.47 Å². The smallest absolute Gasteiger partial charge is 0.325 e. The van der Waals surface area contributed by atoms with Crippen LogP contribution in [0.2, 0.25) is 0 Å². The lowest BCUT2D eigenvalue weighted by atomic mass is 9.95. The number of esters is 1. The second kappa shape index (κ2) is 12.2. The zero-order valence-corrected chi connectivity index (χ0v) is 13.8. The Morgan fingerprint density at radius 1 is 1.05 bits per heavy atom. The van der Waals surface area contributed by atoms with Crippen LogP contribution in [0.25, 0.3) is 0 Å². The maximum Gasteiger partial charge on any atom is 0.325 e. The topological polar surface area (TPSA) is 47.6 Å².